The average Bonchev–Trinajstić information content (AvgIpc) is 2.44. The summed E-state index contributed by atoms with van der Waals surface area (Å²) in [4.78, 5) is 2.25. The summed E-state index contributed by atoms with van der Waals surface area (Å²) in [5.74, 6) is -0.192. The van der Waals surface area contributed by atoms with Gasteiger partial charge in [-0.1, -0.05) is 24.8 Å². The Hall–Kier alpha value is -1.32. The zero-order valence-electron chi connectivity index (χ0n) is 11.9. The van der Waals surface area contributed by atoms with Gasteiger partial charge in [0.25, 0.3) is 0 Å². The first-order valence-corrected chi connectivity index (χ1v) is 7.74. The Morgan fingerprint density at radius 2 is 1.75 bits per heavy atom. The molecule has 2 rings (SSSR count). The van der Waals surface area contributed by atoms with E-state index in [9.17, 15) is 4.39 Å². The molecular formula is C17H20FNS. The molecule has 1 nitrogen and oxygen atoms in total. The smallest absolute Gasteiger partial charge is 0.123 e. The van der Waals surface area contributed by atoms with Crippen molar-refractivity contribution >= 4 is 11.8 Å². The number of aryl methyl sites for hydroxylation is 1. The van der Waals surface area contributed by atoms with E-state index >= 15 is 0 Å². The monoisotopic (exact) mass is 289 g/mol. The molecule has 2 aromatic rings. The molecule has 20 heavy (non-hydrogen) atoms. The molecule has 0 fully saturated rings. The third kappa shape index (κ3) is 4.36. The van der Waals surface area contributed by atoms with Crippen LogP contribution in [0.1, 0.15) is 24.5 Å². The van der Waals surface area contributed by atoms with Crippen LogP contribution in [0.5, 0.6) is 0 Å². The van der Waals surface area contributed by atoms with E-state index < -0.39 is 0 Å². The second-order valence-electron chi connectivity index (χ2n) is 4.82. The molecule has 0 aliphatic rings. The van der Waals surface area contributed by atoms with Gasteiger partial charge in [-0.05, 0) is 67.4 Å². The van der Waals surface area contributed by atoms with Crippen LogP contribution in [-0.4, -0.2) is 6.54 Å². The molecule has 1 N–H and O–H groups in total. The first kappa shape index (κ1) is 15.1. The highest BCUT2D eigenvalue weighted by Gasteiger charge is 2.02. The number of halogens is 1. The highest BCUT2D eigenvalue weighted by Crippen LogP contribution is 2.29. The Morgan fingerprint density at radius 3 is 2.40 bits per heavy atom. The second kappa shape index (κ2) is 7.46. The fourth-order valence-corrected chi connectivity index (χ4v) is 2.88. The third-order valence-corrected chi connectivity index (χ3v) is 4.10. The fraction of sp³-hybridized carbons (Fsp3) is 0.294. The van der Waals surface area contributed by atoms with Crippen molar-refractivity contribution in [3.8, 4) is 0 Å². The van der Waals surface area contributed by atoms with Crippen LogP contribution in [0.2, 0.25) is 0 Å². The first-order valence-electron chi connectivity index (χ1n) is 6.92. The molecule has 0 unspecified atom stereocenters. The lowest BCUT2D eigenvalue weighted by Crippen LogP contribution is -2.14. The predicted molar refractivity (Wildman–Crippen MR) is 83.7 cm³/mol. The molecule has 3 heteroatoms. The summed E-state index contributed by atoms with van der Waals surface area (Å²) in [6.07, 6.45) is 1.15. The Kier molecular flexibility index (Phi) is 5.62. The van der Waals surface area contributed by atoms with Crippen LogP contribution >= 0.6 is 11.8 Å². The highest BCUT2D eigenvalue weighted by atomic mass is 32.2. The first-order chi connectivity index (χ1) is 9.69. The van der Waals surface area contributed by atoms with Gasteiger partial charge in [0.1, 0.15) is 5.82 Å². The van der Waals surface area contributed by atoms with Gasteiger partial charge in [0.2, 0.25) is 0 Å². The van der Waals surface area contributed by atoms with E-state index in [1.54, 1.807) is 11.8 Å². The summed E-state index contributed by atoms with van der Waals surface area (Å²) >= 11 is 1.66. The molecule has 0 saturated heterocycles. The van der Waals surface area contributed by atoms with Crippen molar-refractivity contribution in [2.24, 2.45) is 0 Å². The Bertz CT molecular complexity index is 551. The minimum Gasteiger partial charge on any atom is -0.313 e. The molecule has 0 aliphatic carbocycles. The van der Waals surface area contributed by atoms with Gasteiger partial charge in [0, 0.05) is 16.3 Å². The van der Waals surface area contributed by atoms with Gasteiger partial charge in [-0.15, -0.1) is 0 Å². The van der Waals surface area contributed by atoms with Crippen LogP contribution in [-0.2, 0) is 6.54 Å². The summed E-state index contributed by atoms with van der Waals surface area (Å²) in [6.45, 7) is 6.27. The molecule has 0 heterocycles. The van der Waals surface area contributed by atoms with Crippen LogP contribution in [0.25, 0.3) is 0 Å². The Balaban J connectivity index is 2.03. The fourth-order valence-electron chi connectivity index (χ4n) is 1.97. The van der Waals surface area contributed by atoms with Gasteiger partial charge >= 0.3 is 0 Å². The van der Waals surface area contributed by atoms with Crippen LogP contribution < -0.4 is 5.32 Å². The van der Waals surface area contributed by atoms with Gasteiger partial charge in [-0.3, -0.25) is 0 Å². The molecule has 2 aromatic carbocycles. The number of hydrogen-bond acceptors (Lipinski definition) is 2. The van der Waals surface area contributed by atoms with Crippen molar-refractivity contribution < 1.29 is 4.39 Å². The van der Waals surface area contributed by atoms with Gasteiger partial charge in [-0.25, -0.2) is 4.39 Å². The maximum Gasteiger partial charge on any atom is 0.123 e. The lowest BCUT2D eigenvalue weighted by atomic mass is 10.1. The summed E-state index contributed by atoms with van der Waals surface area (Å²) in [5, 5.41) is 3.42. The maximum atomic E-state index is 12.9. The number of nitrogens with one attached hydrogen (secondary N) is 1. The Morgan fingerprint density at radius 1 is 1.05 bits per heavy atom. The summed E-state index contributed by atoms with van der Waals surface area (Å²) < 4.78 is 12.9. The zero-order chi connectivity index (χ0) is 14.4. The van der Waals surface area contributed by atoms with Gasteiger partial charge in [-0.2, -0.15) is 0 Å². The summed E-state index contributed by atoms with van der Waals surface area (Å²) in [5.41, 5.74) is 2.63. The maximum absolute atomic E-state index is 12.9. The van der Waals surface area contributed by atoms with Crippen molar-refractivity contribution in [2.75, 3.05) is 6.54 Å². The zero-order valence-corrected chi connectivity index (χ0v) is 12.8. The van der Waals surface area contributed by atoms with E-state index in [1.165, 1.54) is 28.2 Å². The highest BCUT2D eigenvalue weighted by molar-refractivity contribution is 7.99. The average molecular weight is 289 g/mol. The number of hydrogen-bond donors (Lipinski definition) is 1. The van der Waals surface area contributed by atoms with Crippen molar-refractivity contribution in [1.82, 2.24) is 5.32 Å². The van der Waals surface area contributed by atoms with E-state index in [4.69, 9.17) is 0 Å². The molecule has 0 atom stereocenters. The van der Waals surface area contributed by atoms with Gasteiger partial charge in [0.15, 0.2) is 0 Å². The number of rotatable bonds is 6. The van der Waals surface area contributed by atoms with Crippen LogP contribution in [0, 0.1) is 12.7 Å². The Labute approximate surface area is 124 Å². The normalized spacial score (nSPS) is 10.8. The number of benzene rings is 2. The lowest BCUT2D eigenvalue weighted by molar-refractivity contribution is 0.626. The van der Waals surface area contributed by atoms with E-state index in [0.29, 0.717) is 0 Å². The van der Waals surface area contributed by atoms with Crippen LogP contribution in [0.4, 0.5) is 4.39 Å². The van der Waals surface area contributed by atoms with Crippen LogP contribution in [0.3, 0.4) is 0 Å². The minimum atomic E-state index is -0.192. The minimum absolute atomic E-state index is 0.192. The molecule has 0 spiro atoms. The molecular weight excluding hydrogens is 269 g/mol. The quantitative estimate of drug-likeness (QED) is 0.768. The molecule has 0 bridgehead atoms. The van der Waals surface area contributed by atoms with E-state index in [0.717, 1.165) is 24.4 Å². The molecule has 0 radical (unpaired) electrons. The third-order valence-electron chi connectivity index (χ3n) is 3.11. The SMILES string of the molecule is CCCNCc1ccc(Sc2ccc(F)cc2)cc1C. The predicted octanol–water partition coefficient (Wildman–Crippen LogP) is 4.78. The van der Waals surface area contributed by atoms with Crippen molar-refractivity contribution in [3.63, 3.8) is 0 Å². The summed E-state index contributed by atoms with van der Waals surface area (Å²) in [6, 6.07) is 13.1. The largest absolute Gasteiger partial charge is 0.313 e. The summed E-state index contributed by atoms with van der Waals surface area (Å²) in [7, 11) is 0. The molecule has 106 valence electrons. The van der Waals surface area contributed by atoms with Crippen LogP contribution in [0.15, 0.2) is 52.3 Å². The topological polar surface area (TPSA) is 12.0 Å². The van der Waals surface area contributed by atoms with Crippen molar-refractivity contribution in [1.29, 1.82) is 0 Å². The van der Waals surface area contributed by atoms with Crippen molar-refractivity contribution in [2.45, 2.75) is 36.6 Å². The van der Waals surface area contributed by atoms with Gasteiger partial charge in [0.05, 0.1) is 0 Å². The molecule has 0 saturated carbocycles. The standard InChI is InChI=1S/C17H20FNS/c1-3-10-19-12-14-4-7-17(11-13(14)2)20-16-8-5-15(18)6-9-16/h4-9,11,19H,3,10,12H2,1-2H3. The van der Waals surface area contributed by atoms with E-state index in [1.807, 2.05) is 12.1 Å². The lowest BCUT2D eigenvalue weighted by Gasteiger charge is -2.09. The molecule has 0 aliphatic heterocycles. The van der Waals surface area contributed by atoms with E-state index in [-0.39, 0.29) is 5.82 Å². The van der Waals surface area contributed by atoms with E-state index in [2.05, 4.69) is 37.4 Å². The molecule has 0 amide bonds. The van der Waals surface area contributed by atoms with Gasteiger partial charge < -0.3 is 5.32 Å². The van der Waals surface area contributed by atoms with Crippen molar-refractivity contribution in [3.05, 3.63) is 59.4 Å². The second-order valence-corrected chi connectivity index (χ2v) is 5.97. The molecule has 0 aromatic heterocycles.